The van der Waals surface area contributed by atoms with E-state index in [2.05, 4.69) is 34.3 Å². The van der Waals surface area contributed by atoms with Crippen molar-refractivity contribution in [2.24, 2.45) is 11.8 Å². The minimum atomic E-state index is -0.572. The molecule has 0 spiro atoms. The van der Waals surface area contributed by atoms with Gasteiger partial charge in [-0.3, -0.25) is 9.89 Å². The average Bonchev–Trinajstić information content (AvgIpc) is 3.17. The Labute approximate surface area is 141 Å². The molecule has 2 N–H and O–H groups in total. The molecule has 24 heavy (non-hydrogen) atoms. The van der Waals surface area contributed by atoms with E-state index in [1.54, 1.807) is 6.92 Å². The summed E-state index contributed by atoms with van der Waals surface area (Å²) in [6, 6.07) is -0.310. The van der Waals surface area contributed by atoms with E-state index in [-0.39, 0.29) is 30.3 Å². The van der Waals surface area contributed by atoms with Crippen LogP contribution in [0, 0.1) is 11.8 Å². The molecule has 134 valence electrons. The number of esters is 1. The van der Waals surface area contributed by atoms with Crippen LogP contribution in [-0.4, -0.2) is 46.9 Å². The minimum Gasteiger partial charge on any atom is -0.460 e. The smallest absolute Gasteiger partial charge is 0.378 e. The van der Waals surface area contributed by atoms with Gasteiger partial charge in [-0.15, -0.1) is 5.10 Å². The molecule has 0 unspecified atom stereocenters. The molecule has 1 aliphatic rings. The van der Waals surface area contributed by atoms with Crippen LogP contribution < -0.4 is 5.32 Å². The van der Waals surface area contributed by atoms with E-state index in [0.29, 0.717) is 31.2 Å². The van der Waals surface area contributed by atoms with Gasteiger partial charge in [0.2, 0.25) is 5.91 Å². The van der Waals surface area contributed by atoms with Gasteiger partial charge < -0.3 is 14.8 Å². The van der Waals surface area contributed by atoms with Gasteiger partial charge in [0.25, 0.3) is 5.82 Å². The standard InChI is InChI=1S/C16H26N4O4/c1-4-24-16(22)15-18-14(19-20-15)12(7-10(2)3)17-13(21)8-11-5-6-23-9-11/h10-12H,4-9H2,1-3H3,(H,17,21)(H,18,19,20)/t11-,12+/m0/s1. The molecule has 0 aliphatic carbocycles. The van der Waals surface area contributed by atoms with Gasteiger partial charge in [-0.2, -0.15) is 0 Å². The van der Waals surface area contributed by atoms with E-state index in [0.717, 1.165) is 13.0 Å². The molecule has 0 radical (unpaired) electrons. The lowest BCUT2D eigenvalue weighted by atomic mass is 10.0. The van der Waals surface area contributed by atoms with Gasteiger partial charge in [0.05, 0.1) is 12.6 Å². The lowest BCUT2D eigenvalue weighted by molar-refractivity contribution is -0.123. The van der Waals surface area contributed by atoms with Crippen LogP contribution in [0.4, 0.5) is 0 Å². The van der Waals surface area contributed by atoms with Gasteiger partial charge in [-0.25, -0.2) is 9.78 Å². The lowest BCUT2D eigenvalue weighted by Gasteiger charge is -2.19. The highest BCUT2D eigenvalue weighted by atomic mass is 16.5. The van der Waals surface area contributed by atoms with E-state index >= 15 is 0 Å². The third-order valence-corrected chi connectivity index (χ3v) is 3.83. The number of hydrogen-bond donors (Lipinski definition) is 2. The van der Waals surface area contributed by atoms with Crippen molar-refractivity contribution in [3.05, 3.63) is 11.6 Å². The molecular formula is C16H26N4O4. The van der Waals surface area contributed by atoms with Crippen LogP contribution in [0.5, 0.6) is 0 Å². The molecule has 1 aromatic heterocycles. The third-order valence-electron chi connectivity index (χ3n) is 3.83. The van der Waals surface area contributed by atoms with Crippen molar-refractivity contribution in [1.82, 2.24) is 20.5 Å². The zero-order valence-electron chi connectivity index (χ0n) is 14.5. The van der Waals surface area contributed by atoms with E-state index in [9.17, 15) is 9.59 Å². The second-order valence-electron chi connectivity index (χ2n) is 6.45. The second-order valence-corrected chi connectivity index (χ2v) is 6.45. The molecule has 2 rings (SSSR count). The number of rotatable bonds is 8. The van der Waals surface area contributed by atoms with Crippen LogP contribution in [0.25, 0.3) is 0 Å². The normalized spacial score (nSPS) is 18.6. The first-order chi connectivity index (χ1) is 11.5. The third kappa shape index (κ3) is 5.30. The van der Waals surface area contributed by atoms with Crippen molar-refractivity contribution in [2.75, 3.05) is 19.8 Å². The van der Waals surface area contributed by atoms with E-state index in [1.807, 2.05) is 0 Å². The summed E-state index contributed by atoms with van der Waals surface area (Å²) in [4.78, 5) is 28.2. The highest BCUT2D eigenvalue weighted by Gasteiger charge is 2.25. The van der Waals surface area contributed by atoms with Crippen molar-refractivity contribution in [2.45, 2.75) is 46.1 Å². The Bertz CT molecular complexity index is 552. The summed E-state index contributed by atoms with van der Waals surface area (Å²) < 4.78 is 10.2. The van der Waals surface area contributed by atoms with E-state index in [4.69, 9.17) is 9.47 Å². The molecule has 2 heterocycles. The lowest BCUT2D eigenvalue weighted by Crippen LogP contribution is -2.31. The maximum atomic E-state index is 12.3. The summed E-state index contributed by atoms with van der Waals surface area (Å²) >= 11 is 0. The monoisotopic (exact) mass is 338 g/mol. The zero-order chi connectivity index (χ0) is 17.5. The molecule has 1 saturated heterocycles. The number of nitrogens with zero attached hydrogens (tertiary/aromatic N) is 2. The highest BCUT2D eigenvalue weighted by Crippen LogP contribution is 2.21. The highest BCUT2D eigenvalue weighted by molar-refractivity contribution is 5.85. The van der Waals surface area contributed by atoms with Gasteiger partial charge in [0, 0.05) is 19.6 Å². The molecule has 0 aromatic carbocycles. The van der Waals surface area contributed by atoms with Crippen molar-refractivity contribution in [3.63, 3.8) is 0 Å². The molecule has 8 heteroatoms. The summed E-state index contributed by atoms with van der Waals surface area (Å²) in [5, 5.41) is 9.64. The number of nitrogens with one attached hydrogen (secondary N) is 2. The molecule has 8 nitrogen and oxygen atoms in total. The molecule has 1 amide bonds. The summed E-state index contributed by atoms with van der Waals surface area (Å²) in [6.45, 7) is 7.47. The number of hydrogen-bond acceptors (Lipinski definition) is 6. The van der Waals surface area contributed by atoms with Gasteiger partial charge in [0.15, 0.2) is 0 Å². The molecule has 1 aliphatic heterocycles. The molecule has 0 saturated carbocycles. The number of amides is 1. The molecular weight excluding hydrogens is 312 g/mol. The Morgan fingerprint density at radius 3 is 2.88 bits per heavy atom. The first-order valence-corrected chi connectivity index (χ1v) is 8.46. The Balaban J connectivity index is 2.01. The average molecular weight is 338 g/mol. The molecule has 2 atom stereocenters. The maximum absolute atomic E-state index is 12.3. The Morgan fingerprint density at radius 2 is 2.25 bits per heavy atom. The van der Waals surface area contributed by atoms with Crippen molar-refractivity contribution < 1.29 is 19.1 Å². The van der Waals surface area contributed by atoms with Crippen LogP contribution >= 0.6 is 0 Å². The number of aromatic amines is 1. The van der Waals surface area contributed by atoms with Crippen LogP contribution in [-0.2, 0) is 14.3 Å². The van der Waals surface area contributed by atoms with Crippen LogP contribution in [0.3, 0.4) is 0 Å². The summed E-state index contributed by atoms with van der Waals surface area (Å²) in [6.07, 6.45) is 2.05. The summed E-state index contributed by atoms with van der Waals surface area (Å²) in [5.74, 6) is 0.473. The predicted molar refractivity (Wildman–Crippen MR) is 86.2 cm³/mol. The summed E-state index contributed by atoms with van der Waals surface area (Å²) in [5.41, 5.74) is 0. The van der Waals surface area contributed by atoms with E-state index < -0.39 is 5.97 Å². The Morgan fingerprint density at radius 1 is 1.46 bits per heavy atom. The summed E-state index contributed by atoms with van der Waals surface area (Å²) in [7, 11) is 0. The first-order valence-electron chi connectivity index (χ1n) is 8.46. The largest absolute Gasteiger partial charge is 0.460 e. The fraction of sp³-hybridized carbons (Fsp3) is 0.750. The minimum absolute atomic E-state index is 0.0148. The molecule has 1 fully saturated rings. The SMILES string of the molecule is CCOC(=O)c1n[nH]c([C@@H](CC(C)C)NC(=O)C[C@@H]2CCOC2)n1. The van der Waals surface area contributed by atoms with Crippen LogP contribution in [0.1, 0.15) is 62.5 Å². The van der Waals surface area contributed by atoms with Crippen molar-refractivity contribution >= 4 is 11.9 Å². The number of H-pyrrole nitrogens is 1. The Kier molecular flexibility index (Phi) is 6.72. The van der Waals surface area contributed by atoms with Gasteiger partial charge in [-0.05, 0) is 31.6 Å². The Hall–Kier alpha value is -1.96. The van der Waals surface area contributed by atoms with Gasteiger partial charge >= 0.3 is 5.97 Å². The van der Waals surface area contributed by atoms with Crippen molar-refractivity contribution in [1.29, 1.82) is 0 Å². The fourth-order valence-electron chi connectivity index (χ4n) is 2.69. The topological polar surface area (TPSA) is 106 Å². The molecule has 0 bridgehead atoms. The zero-order valence-corrected chi connectivity index (χ0v) is 14.5. The van der Waals surface area contributed by atoms with E-state index in [1.165, 1.54) is 0 Å². The maximum Gasteiger partial charge on any atom is 0.378 e. The van der Waals surface area contributed by atoms with Gasteiger partial charge in [-0.1, -0.05) is 13.8 Å². The van der Waals surface area contributed by atoms with Crippen LogP contribution in [0.15, 0.2) is 0 Å². The fourth-order valence-corrected chi connectivity index (χ4v) is 2.69. The molecule has 1 aromatic rings. The van der Waals surface area contributed by atoms with Gasteiger partial charge in [0.1, 0.15) is 5.82 Å². The number of ether oxygens (including phenoxy) is 2. The quantitative estimate of drug-likeness (QED) is 0.698. The second kappa shape index (κ2) is 8.77. The first kappa shape index (κ1) is 18.4. The van der Waals surface area contributed by atoms with Crippen LogP contribution in [0.2, 0.25) is 0 Å². The number of aromatic nitrogens is 3. The number of carbonyl (C=O) groups excluding carboxylic acids is 2. The predicted octanol–water partition coefficient (Wildman–Crippen LogP) is 1.61. The van der Waals surface area contributed by atoms with Crippen molar-refractivity contribution in [3.8, 4) is 0 Å². The number of carbonyl (C=O) groups is 2.